The molecule has 1 atom stereocenters. The second kappa shape index (κ2) is 6.73. The summed E-state index contributed by atoms with van der Waals surface area (Å²) in [4.78, 5) is 14.3. The van der Waals surface area contributed by atoms with Gasteiger partial charge in [0, 0.05) is 24.6 Å². The van der Waals surface area contributed by atoms with Gasteiger partial charge in [0.25, 0.3) is 0 Å². The summed E-state index contributed by atoms with van der Waals surface area (Å²) in [7, 11) is 0. The number of fused-ring (bicyclic) bond motifs is 1. The molecule has 116 valence electrons. The van der Waals surface area contributed by atoms with Gasteiger partial charge >= 0.3 is 5.97 Å². The Morgan fingerprint density at radius 1 is 1.45 bits per heavy atom. The maximum Gasteiger partial charge on any atom is 0.323 e. The van der Waals surface area contributed by atoms with Crippen LogP contribution in [0.5, 0.6) is 0 Å². The number of ether oxygens (including phenoxy) is 1. The van der Waals surface area contributed by atoms with Crippen LogP contribution in [0.3, 0.4) is 0 Å². The summed E-state index contributed by atoms with van der Waals surface area (Å²) >= 11 is 6.99. The van der Waals surface area contributed by atoms with Crippen LogP contribution in [-0.2, 0) is 29.1 Å². The molecule has 0 aliphatic carbocycles. The standard InChI is InChI=1S/C15H16ClN3O2S/c1-10(15(20)21-9-13-14(16)22-18-17-13)19-7-6-11-4-2-3-5-12(11)8-19/h2-5,10H,6-9H2,1H3/t10-/m0/s1. The summed E-state index contributed by atoms with van der Waals surface area (Å²) in [6.45, 7) is 3.57. The van der Waals surface area contributed by atoms with Gasteiger partial charge in [0.2, 0.25) is 0 Å². The van der Waals surface area contributed by atoms with E-state index in [-0.39, 0.29) is 18.6 Å². The summed E-state index contributed by atoms with van der Waals surface area (Å²) < 4.78 is 9.49. The SMILES string of the molecule is C[C@@H](C(=O)OCc1nnsc1Cl)N1CCc2ccccc2C1. The highest BCUT2D eigenvalue weighted by molar-refractivity contribution is 7.10. The summed E-state index contributed by atoms with van der Waals surface area (Å²) in [5.74, 6) is -0.261. The van der Waals surface area contributed by atoms with Crippen LogP contribution < -0.4 is 0 Å². The molecule has 0 spiro atoms. The van der Waals surface area contributed by atoms with Crippen LogP contribution in [0.2, 0.25) is 4.34 Å². The Hall–Kier alpha value is -1.50. The van der Waals surface area contributed by atoms with Crippen molar-refractivity contribution in [2.24, 2.45) is 0 Å². The minimum absolute atomic E-state index is 0.0724. The average molecular weight is 338 g/mol. The number of carbonyl (C=O) groups is 1. The van der Waals surface area contributed by atoms with Gasteiger partial charge in [0.15, 0.2) is 0 Å². The molecule has 0 saturated carbocycles. The highest BCUT2D eigenvalue weighted by atomic mass is 35.5. The fourth-order valence-corrected chi connectivity index (χ4v) is 3.14. The normalized spacial score (nSPS) is 16.1. The van der Waals surface area contributed by atoms with Crippen molar-refractivity contribution in [3.63, 3.8) is 0 Å². The van der Waals surface area contributed by atoms with E-state index in [1.807, 2.05) is 13.0 Å². The van der Waals surface area contributed by atoms with E-state index in [0.29, 0.717) is 10.0 Å². The molecule has 22 heavy (non-hydrogen) atoms. The van der Waals surface area contributed by atoms with Gasteiger partial charge < -0.3 is 4.74 Å². The van der Waals surface area contributed by atoms with Crippen molar-refractivity contribution < 1.29 is 9.53 Å². The third-order valence-corrected chi connectivity index (χ3v) is 4.89. The van der Waals surface area contributed by atoms with Crippen LogP contribution in [-0.4, -0.2) is 33.0 Å². The number of aromatic nitrogens is 2. The first-order valence-corrected chi connectivity index (χ1v) is 8.24. The largest absolute Gasteiger partial charge is 0.458 e. The monoisotopic (exact) mass is 337 g/mol. The van der Waals surface area contributed by atoms with Crippen molar-refractivity contribution in [1.29, 1.82) is 0 Å². The molecular weight excluding hydrogens is 322 g/mol. The highest BCUT2D eigenvalue weighted by Gasteiger charge is 2.26. The van der Waals surface area contributed by atoms with Crippen LogP contribution in [0.1, 0.15) is 23.7 Å². The van der Waals surface area contributed by atoms with Gasteiger partial charge in [0.05, 0.1) is 0 Å². The second-order valence-corrected chi connectivity index (χ2v) is 6.62. The molecule has 0 saturated heterocycles. The second-order valence-electron chi connectivity index (χ2n) is 5.27. The Bertz CT molecular complexity index is 676. The number of carbonyl (C=O) groups excluding carboxylic acids is 1. The van der Waals surface area contributed by atoms with Crippen molar-refractivity contribution in [1.82, 2.24) is 14.5 Å². The molecule has 0 unspecified atom stereocenters. The zero-order chi connectivity index (χ0) is 15.5. The Morgan fingerprint density at radius 2 is 2.23 bits per heavy atom. The van der Waals surface area contributed by atoms with Crippen LogP contribution >= 0.6 is 23.1 Å². The summed E-state index contributed by atoms with van der Waals surface area (Å²) in [5.41, 5.74) is 3.15. The number of rotatable bonds is 4. The Morgan fingerprint density at radius 3 is 2.95 bits per heavy atom. The third kappa shape index (κ3) is 3.29. The molecule has 1 aromatic heterocycles. The maximum absolute atomic E-state index is 12.2. The van der Waals surface area contributed by atoms with Crippen LogP contribution in [0.25, 0.3) is 0 Å². The number of esters is 1. The molecule has 0 N–H and O–H groups in total. The van der Waals surface area contributed by atoms with Gasteiger partial charge in [-0.25, -0.2) is 0 Å². The van der Waals surface area contributed by atoms with Gasteiger partial charge in [-0.3, -0.25) is 9.69 Å². The molecule has 0 fully saturated rings. The smallest absolute Gasteiger partial charge is 0.323 e. The van der Waals surface area contributed by atoms with Crippen molar-refractivity contribution in [2.45, 2.75) is 32.5 Å². The lowest BCUT2D eigenvalue weighted by Gasteiger charge is -2.32. The quantitative estimate of drug-likeness (QED) is 0.803. The van der Waals surface area contributed by atoms with Crippen molar-refractivity contribution in [3.8, 4) is 0 Å². The molecule has 2 heterocycles. The first-order valence-electron chi connectivity index (χ1n) is 7.09. The van der Waals surface area contributed by atoms with E-state index in [1.54, 1.807) is 0 Å². The van der Waals surface area contributed by atoms with Gasteiger partial charge in [-0.1, -0.05) is 40.4 Å². The van der Waals surface area contributed by atoms with Crippen LogP contribution in [0.4, 0.5) is 0 Å². The van der Waals surface area contributed by atoms with E-state index in [1.165, 1.54) is 11.1 Å². The first-order chi connectivity index (χ1) is 10.6. The zero-order valence-corrected chi connectivity index (χ0v) is 13.7. The van der Waals surface area contributed by atoms with E-state index < -0.39 is 0 Å². The minimum Gasteiger partial charge on any atom is -0.458 e. The fourth-order valence-electron chi connectivity index (χ4n) is 2.54. The molecule has 1 aliphatic rings. The van der Waals surface area contributed by atoms with Crippen molar-refractivity contribution >= 4 is 29.1 Å². The van der Waals surface area contributed by atoms with Crippen LogP contribution in [0.15, 0.2) is 24.3 Å². The fraction of sp³-hybridized carbons (Fsp3) is 0.400. The van der Waals surface area contributed by atoms with Crippen molar-refractivity contribution in [3.05, 3.63) is 45.4 Å². The molecule has 5 nitrogen and oxygen atoms in total. The summed E-state index contributed by atoms with van der Waals surface area (Å²) in [6.07, 6.45) is 0.954. The van der Waals surface area contributed by atoms with E-state index in [9.17, 15) is 4.79 Å². The molecule has 1 aliphatic heterocycles. The third-order valence-electron chi connectivity index (χ3n) is 3.91. The summed E-state index contributed by atoms with van der Waals surface area (Å²) in [5, 5.41) is 3.84. The minimum atomic E-state index is -0.293. The molecule has 7 heteroatoms. The van der Waals surface area contributed by atoms with Gasteiger partial charge in [-0.05, 0) is 24.5 Å². The number of nitrogens with zero attached hydrogens (tertiary/aromatic N) is 3. The Labute approximate surface area is 138 Å². The van der Waals surface area contributed by atoms with E-state index in [4.69, 9.17) is 16.3 Å². The van der Waals surface area contributed by atoms with E-state index >= 15 is 0 Å². The Kier molecular flexibility index (Phi) is 4.71. The van der Waals surface area contributed by atoms with Crippen molar-refractivity contribution in [2.75, 3.05) is 6.54 Å². The summed E-state index contributed by atoms with van der Waals surface area (Å²) in [6, 6.07) is 8.05. The zero-order valence-electron chi connectivity index (χ0n) is 12.2. The topological polar surface area (TPSA) is 55.3 Å². The predicted molar refractivity (Wildman–Crippen MR) is 84.7 cm³/mol. The molecular formula is C15H16ClN3O2S. The molecule has 3 rings (SSSR count). The van der Waals surface area contributed by atoms with Gasteiger partial charge in [0.1, 0.15) is 22.7 Å². The molecule has 1 aromatic carbocycles. The highest BCUT2D eigenvalue weighted by Crippen LogP contribution is 2.21. The lowest BCUT2D eigenvalue weighted by molar-refractivity contribution is -0.151. The van der Waals surface area contributed by atoms with Crippen LogP contribution in [0, 0.1) is 0 Å². The molecule has 0 bridgehead atoms. The number of hydrogen-bond acceptors (Lipinski definition) is 6. The predicted octanol–water partition coefficient (Wildman–Crippen LogP) is 2.68. The molecule has 0 amide bonds. The average Bonchev–Trinajstić information content (AvgIpc) is 2.96. The van der Waals surface area contributed by atoms with E-state index in [2.05, 4.69) is 32.7 Å². The lowest BCUT2D eigenvalue weighted by Crippen LogP contribution is -2.42. The van der Waals surface area contributed by atoms with Gasteiger partial charge in [-0.2, -0.15) is 0 Å². The number of halogens is 1. The Balaban J connectivity index is 1.58. The van der Waals surface area contributed by atoms with E-state index in [0.717, 1.165) is 31.0 Å². The first kappa shape index (κ1) is 15.4. The molecule has 0 radical (unpaired) electrons. The van der Waals surface area contributed by atoms with Gasteiger partial charge in [-0.15, -0.1) is 5.10 Å². The maximum atomic E-state index is 12.2. The number of benzene rings is 1. The molecule has 2 aromatic rings. The number of hydrogen-bond donors (Lipinski definition) is 0. The lowest BCUT2D eigenvalue weighted by atomic mass is 9.99.